The molecule has 0 radical (unpaired) electrons. The standard InChI is InChI=1S/C18H29NO/c1-3-7-15(2)14-17(19)18(10-12-20-13-11-18)16-8-5-4-6-9-16/h4-6,8-9,15,17H,3,7,10-14,19H2,1-2H3. The highest BCUT2D eigenvalue weighted by Crippen LogP contribution is 2.39. The maximum absolute atomic E-state index is 6.69. The largest absolute Gasteiger partial charge is 0.381 e. The van der Waals surface area contributed by atoms with E-state index in [0.29, 0.717) is 5.92 Å². The third kappa shape index (κ3) is 3.42. The molecule has 0 spiro atoms. The van der Waals surface area contributed by atoms with Crippen LogP contribution in [0.1, 0.15) is 51.5 Å². The molecular formula is C18H29NO. The van der Waals surface area contributed by atoms with E-state index in [9.17, 15) is 0 Å². The van der Waals surface area contributed by atoms with Crippen molar-refractivity contribution < 1.29 is 4.74 Å². The second-order valence-corrected chi connectivity index (χ2v) is 6.37. The number of ether oxygens (including phenoxy) is 1. The molecule has 0 bridgehead atoms. The van der Waals surface area contributed by atoms with Gasteiger partial charge >= 0.3 is 0 Å². The Morgan fingerprint density at radius 1 is 1.20 bits per heavy atom. The fraction of sp³-hybridized carbons (Fsp3) is 0.667. The monoisotopic (exact) mass is 275 g/mol. The summed E-state index contributed by atoms with van der Waals surface area (Å²) in [6, 6.07) is 11.1. The number of hydrogen-bond acceptors (Lipinski definition) is 2. The van der Waals surface area contributed by atoms with Gasteiger partial charge in [0.1, 0.15) is 0 Å². The number of nitrogens with two attached hydrogens (primary N) is 1. The quantitative estimate of drug-likeness (QED) is 0.855. The zero-order valence-corrected chi connectivity index (χ0v) is 13.0. The first kappa shape index (κ1) is 15.5. The van der Waals surface area contributed by atoms with E-state index >= 15 is 0 Å². The Kier molecular flexibility index (Phi) is 5.62. The van der Waals surface area contributed by atoms with Crippen LogP contribution in [0.25, 0.3) is 0 Å². The van der Waals surface area contributed by atoms with Crippen LogP contribution in [0.15, 0.2) is 30.3 Å². The van der Waals surface area contributed by atoms with Crippen molar-refractivity contribution in [2.24, 2.45) is 11.7 Å². The summed E-state index contributed by atoms with van der Waals surface area (Å²) in [7, 11) is 0. The van der Waals surface area contributed by atoms with Gasteiger partial charge in [-0.25, -0.2) is 0 Å². The fourth-order valence-electron chi connectivity index (χ4n) is 3.65. The van der Waals surface area contributed by atoms with Crippen molar-refractivity contribution >= 4 is 0 Å². The summed E-state index contributed by atoms with van der Waals surface area (Å²) in [6.45, 7) is 6.26. The van der Waals surface area contributed by atoms with E-state index < -0.39 is 0 Å². The van der Waals surface area contributed by atoms with E-state index in [2.05, 4.69) is 44.2 Å². The van der Waals surface area contributed by atoms with E-state index in [0.717, 1.165) is 32.5 Å². The van der Waals surface area contributed by atoms with Crippen molar-refractivity contribution in [1.82, 2.24) is 0 Å². The molecule has 0 amide bonds. The highest BCUT2D eigenvalue weighted by Gasteiger charge is 2.40. The summed E-state index contributed by atoms with van der Waals surface area (Å²) < 4.78 is 5.59. The second kappa shape index (κ2) is 7.24. The summed E-state index contributed by atoms with van der Waals surface area (Å²) in [5.74, 6) is 0.707. The van der Waals surface area contributed by atoms with Gasteiger partial charge in [-0.05, 0) is 30.7 Å². The molecule has 1 aromatic carbocycles. The van der Waals surface area contributed by atoms with Gasteiger partial charge in [-0.3, -0.25) is 0 Å². The molecule has 1 aromatic rings. The van der Waals surface area contributed by atoms with Crippen molar-refractivity contribution in [3.8, 4) is 0 Å². The van der Waals surface area contributed by atoms with Gasteiger partial charge in [0, 0.05) is 24.7 Å². The van der Waals surface area contributed by atoms with Crippen LogP contribution in [0, 0.1) is 5.92 Å². The molecule has 0 aliphatic carbocycles. The SMILES string of the molecule is CCCC(C)CC(N)C1(c2ccccc2)CCOCC1. The Balaban J connectivity index is 2.18. The molecule has 20 heavy (non-hydrogen) atoms. The zero-order chi connectivity index (χ0) is 14.4. The Bertz CT molecular complexity index is 384. The number of rotatable bonds is 6. The fourth-order valence-corrected chi connectivity index (χ4v) is 3.65. The number of hydrogen-bond donors (Lipinski definition) is 1. The highest BCUT2D eigenvalue weighted by molar-refractivity contribution is 5.28. The Hall–Kier alpha value is -0.860. The zero-order valence-electron chi connectivity index (χ0n) is 13.0. The lowest BCUT2D eigenvalue weighted by atomic mass is 9.67. The first-order valence-electron chi connectivity index (χ1n) is 8.08. The molecule has 0 saturated carbocycles. The minimum Gasteiger partial charge on any atom is -0.381 e. The van der Waals surface area contributed by atoms with E-state index in [4.69, 9.17) is 10.5 Å². The molecule has 2 nitrogen and oxygen atoms in total. The number of benzene rings is 1. The van der Waals surface area contributed by atoms with Crippen LogP contribution >= 0.6 is 0 Å². The van der Waals surface area contributed by atoms with E-state index in [1.807, 2.05) is 0 Å². The molecule has 0 aromatic heterocycles. The average Bonchev–Trinajstić information content (AvgIpc) is 2.49. The molecule has 1 aliphatic heterocycles. The minimum absolute atomic E-state index is 0.113. The van der Waals surface area contributed by atoms with Crippen molar-refractivity contribution in [3.63, 3.8) is 0 Å². The summed E-state index contributed by atoms with van der Waals surface area (Å²) in [6.07, 6.45) is 5.74. The normalized spacial score (nSPS) is 21.4. The molecule has 112 valence electrons. The predicted octanol–water partition coefficient (Wildman–Crippen LogP) is 3.89. The molecule has 2 rings (SSSR count). The third-order valence-electron chi connectivity index (χ3n) is 4.88. The maximum atomic E-state index is 6.69. The highest BCUT2D eigenvalue weighted by atomic mass is 16.5. The van der Waals surface area contributed by atoms with Crippen LogP contribution in [0.4, 0.5) is 0 Å². The van der Waals surface area contributed by atoms with E-state index in [1.165, 1.54) is 18.4 Å². The Morgan fingerprint density at radius 2 is 1.85 bits per heavy atom. The van der Waals surface area contributed by atoms with Crippen LogP contribution in [-0.2, 0) is 10.2 Å². The Morgan fingerprint density at radius 3 is 2.45 bits per heavy atom. The van der Waals surface area contributed by atoms with Crippen LogP contribution in [-0.4, -0.2) is 19.3 Å². The van der Waals surface area contributed by atoms with Gasteiger partial charge < -0.3 is 10.5 Å². The minimum atomic E-state index is 0.113. The van der Waals surface area contributed by atoms with Crippen LogP contribution in [0.3, 0.4) is 0 Å². The second-order valence-electron chi connectivity index (χ2n) is 6.37. The molecule has 2 atom stereocenters. The lowest BCUT2D eigenvalue weighted by Crippen LogP contribution is -2.49. The summed E-state index contributed by atoms with van der Waals surface area (Å²) in [5.41, 5.74) is 8.21. The molecule has 1 saturated heterocycles. The van der Waals surface area contributed by atoms with Crippen molar-refractivity contribution in [2.75, 3.05) is 13.2 Å². The lowest BCUT2D eigenvalue weighted by Gasteiger charge is -2.43. The molecule has 1 aliphatic rings. The van der Waals surface area contributed by atoms with Gasteiger partial charge in [0.2, 0.25) is 0 Å². The molecule has 2 unspecified atom stereocenters. The molecular weight excluding hydrogens is 246 g/mol. The molecule has 2 N–H and O–H groups in total. The average molecular weight is 275 g/mol. The first-order valence-corrected chi connectivity index (χ1v) is 8.08. The predicted molar refractivity (Wildman–Crippen MR) is 84.8 cm³/mol. The van der Waals surface area contributed by atoms with Crippen LogP contribution < -0.4 is 5.73 Å². The molecule has 2 heteroatoms. The van der Waals surface area contributed by atoms with Gasteiger partial charge in [-0.1, -0.05) is 57.0 Å². The van der Waals surface area contributed by atoms with Gasteiger partial charge in [0.25, 0.3) is 0 Å². The third-order valence-corrected chi connectivity index (χ3v) is 4.88. The van der Waals surface area contributed by atoms with Gasteiger partial charge in [0.15, 0.2) is 0 Å². The summed E-state index contributed by atoms with van der Waals surface area (Å²) in [5, 5.41) is 0. The van der Waals surface area contributed by atoms with Gasteiger partial charge in [-0.15, -0.1) is 0 Å². The van der Waals surface area contributed by atoms with Crippen LogP contribution in [0.2, 0.25) is 0 Å². The van der Waals surface area contributed by atoms with Crippen molar-refractivity contribution in [3.05, 3.63) is 35.9 Å². The summed E-state index contributed by atoms with van der Waals surface area (Å²) >= 11 is 0. The Labute approximate surface area is 123 Å². The van der Waals surface area contributed by atoms with Crippen LogP contribution in [0.5, 0.6) is 0 Å². The van der Waals surface area contributed by atoms with Crippen molar-refractivity contribution in [1.29, 1.82) is 0 Å². The topological polar surface area (TPSA) is 35.2 Å². The van der Waals surface area contributed by atoms with Gasteiger partial charge in [0.05, 0.1) is 0 Å². The summed E-state index contributed by atoms with van der Waals surface area (Å²) in [4.78, 5) is 0. The molecule has 1 heterocycles. The van der Waals surface area contributed by atoms with Gasteiger partial charge in [-0.2, -0.15) is 0 Å². The first-order chi connectivity index (χ1) is 9.69. The van der Waals surface area contributed by atoms with E-state index in [1.54, 1.807) is 0 Å². The van der Waals surface area contributed by atoms with E-state index in [-0.39, 0.29) is 11.5 Å². The maximum Gasteiger partial charge on any atom is 0.0475 e. The van der Waals surface area contributed by atoms with Crippen molar-refractivity contribution in [2.45, 2.75) is 57.4 Å². The lowest BCUT2D eigenvalue weighted by molar-refractivity contribution is 0.0367. The molecule has 1 fully saturated rings. The smallest absolute Gasteiger partial charge is 0.0475 e.